The maximum atomic E-state index is 13.0. The molecule has 11 nitrogen and oxygen atoms in total. The first-order chi connectivity index (χ1) is 40.2. The number of esters is 3. The zero-order valence-electron chi connectivity index (χ0n) is 52.2. The molecule has 0 fully saturated rings. The number of phosphoric acid groups is 1. The van der Waals surface area contributed by atoms with Crippen molar-refractivity contribution in [3.05, 3.63) is 109 Å². The SMILES string of the molecule is CC/C=C\C/C=C\C/C=C\C/C=C\C/C=C\C/C=C\CCC(=O)OC(COC(=O)CCCCCCCCC/C=C\C/C=C\CCCCC)COP(=O)(O)OCC(CO)OC(=O)CCCCCCCCCCC/C=C\CCCCCCCC. The highest BCUT2D eigenvalue weighted by molar-refractivity contribution is 7.47. The van der Waals surface area contributed by atoms with E-state index in [0.29, 0.717) is 25.7 Å². The van der Waals surface area contributed by atoms with Crippen LogP contribution in [0.2, 0.25) is 0 Å². The molecule has 0 rings (SSSR count). The number of hydrogen-bond donors (Lipinski definition) is 2. The lowest BCUT2D eigenvalue weighted by molar-refractivity contribution is -0.161. The molecule has 0 amide bonds. The molecule has 0 aromatic heterocycles. The minimum Gasteiger partial charge on any atom is -0.462 e. The molecule has 0 aliphatic carbocycles. The Labute approximate surface area is 501 Å². The summed E-state index contributed by atoms with van der Waals surface area (Å²) >= 11 is 0. The molecule has 0 bridgehead atoms. The number of aliphatic hydroxyl groups is 1. The number of phosphoric ester groups is 1. The number of hydrogen-bond acceptors (Lipinski definition) is 10. The highest BCUT2D eigenvalue weighted by Gasteiger charge is 2.28. The minimum atomic E-state index is -4.78. The molecule has 0 saturated heterocycles. The van der Waals surface area contributed by atoms with E-state index in [2.05, 4.69) is 118 Å². The van der Waals surface area contributed by atoms with Crippen LogP contribution in [0.4, 0.5) is 0 Å². The van der Waals surface area contributed by atoms with Crippen LogP contribution in [0.1, 0.15) is 278 Å². The zero-order chi connectivity index (χ0) is 59.8. The van der Waals surface area contributed by atoms with Gasteiger partial charge in [-0.15, -0.1) is 0 Å². The van der Waals surface area contributed by atoms with Gasteiger partial charge in [0.15, 0.2) is 6.10 Å². The fourth-order valence-electron chi connectivity index (χ4n) is 8.70. The van der Waals surface area contributed by atoms with Gasteiger partial charge >= 0.3 is 25.7 Å². The van der Waals surface area contributed by atoms with E-state index in [0.717, 1.165) is 89.9 Å². The third kappa shape index (κ3) is 60.7. The van der Waals surface area contributed by atoms with Gasteiger partial charge < -0.3 is 24.2 Å². The van der Waals surface area contributed by atoms with Crippen molar-refractivity contribution in [2.24, 2.45) is 0 Å². The van der Waals surface area contributed by atoms with Crippen LogP contribution in [0, 0.1) is 0 Å². The Hall–Kier alpha value is -3.86. The van der Waals surface area contributed by atoms with Crippen molar-refractivity contribution < 1.29 is 52.2 Å². The first-order valence-electron chi connectivity index (χ1n) is 32.8. The molecule has 0 heterocycles. The van der Waals surface area contributed by atoms with Crippen molar-refractivity contribution in [1.82, 2.24) is 0 Å². The number of ether oxygens (including phenoxy) is 3. The lowest BCUT2D eigenvalue weighted by Crippen LogP contribution is -2.30. The van der Waals surface area contributed by atoms with E-state index in [4.69, 9.17) is 23.3 Å². The summed E-state index contributed by atoms with van der Waals surface area (Å²) in [5.74, 6) is -1.58. The summed E-state index contributed by atoms with van der Waals surface area (Å²) < 4.78 is 39.6. The lowest BCUT2D eigenvalue weighted by Gasteiger charge is -2.21. The lowest BCUT2D eigenvalue weighted by atomic mass is 10.1. The van der Waals surface area contributed by atoms with Gasteiger partial charge in [-0.1, -0.05) is 252 Å². The molecule has 0 aliphatic heterocycles. The van der Waals surface area contributed by atoms with Crippen molar-refractivity contribution >= 4 is 25.7 Å². The fraction of sp³-hybridized carbons (Fsp3) is 0.700. The predicted molar refractivity (Wildman–Crippen MR) is 343 cm³/mol. The molecule has 2 N–H and O–H groups in total. The van der Waals surface area contributed by atoms with Crippen LogP contribution < -0.4 is 0 Å². The Morgan fingerprint density at radius 2 is 0.659 bits per heavy atom. The van der Waals surface area contributed by atoms with Crippen LogP contribution in [0.25, 0.3) is 0 Å². The summed E-state index contributed by atoms with van der Waals surface area (Å²) in [5, 5.41) is 9.87. The van der Waals surface area contributed by atoms with Gasteiger partial charge in [0.25, 0.3) is 0 Å². The smallest absolute Gasteiger partial charge is 0.462 e. The first-order valence-corrected chi connectivity index (χ1v) is 34.3. The fourth-order valence-corrected chi connectivity index (χ4v) is 9.49. The van der Waals surface area contributed by atoms with Gasteiger partial charge in [-0.05, 0) is 116 Å². The third-order valence-corrected chi connectivity index (χ3v) is 14.6. The summed E-state index contributed by atoms with van der Waals surface area (Å²) in [6, 6.07) is 0. The zero-order valence-corrected chi connectivity index (χ0v) is 53.1. The molecule has 0 aliphatic rings. The van der Waals surface area contributed by atoms with E-state index in [-0.39, 0.29) is 25.9 Å². The molecule has 3 atom stereocenters. The highest BCUT2D eigenvalue weighted by Crippen LogP contribution is 2.43. The summed E-state index contributed by atoms with van der Waals surface area (Å²) in [6.07, 6.45) is 77.7. The van der Waals surface area contributed by atoms with Crippen molar-refractivity contribution in [3.63, 3.8) is 0 Å². The molecular weight excluding hydrogens is 1050 g/mol. The average molecular weight is 1170 g/mol. The van der Waals surface area contributed by atoms with E-state index in [1.807, 2.05) is 12.2 Å². The van der Waals surface area contributed by atoms with Gasteiger partial charge in [0, 0.05) is 19.3 Å². The van der Waals surface area contributed by atoms with Gasteiger partial charge in [0.2, 0.25) is 0 Å². The van der Waals surface area contributed by atoms with Crippen molar-refractivity contribution in [1.29, 1.82) is 0 Å². The van der Waals surface area contributed by atoms with Crippen molar-refractivity contribution in [3.8, 4) is 0 Å². The number of carbonyl (C=O) groups is 3. The molecule has 82 heavy (non-hydrogen) atoms. The number of rotatable bonds is 60. The van der Waals surface area contributed by atoms with Crippen LogP contribution in [-0.4, -0.2) is 66.5 Å². The van der Waals surface area contributed by atoms with Gasteiger partial charge in [-0.2, -0.15) is 0 Å². The van der Waals surface area contributed by atoms with Crippen LogP contribution >= 0.6 is 7.82 Å². The van der Waals surface area contributed by atoms with Crippen LogP contribution in [0.3, 0.4) is 0 Å². The van der Waals surface area contributed by atoms with E-state index in [9.17, 15) is 28.9 Å². The highest BCUT2D eigenvalue weighted by atomic mass is 31.2. The van der Waals surface area contributed by atoms with E-state index in [1.54, 1.807) is 0 Å². The molecule has 0 radical (unpaired) electrons. The average Bonchev–Trinajstić information content (AvgIpc) is 3.50. The van der Waals surface area contributed by atoms with E-state index >= 15 is 0 Å². The van der Waals surface area contributed by atoms with Crippen molar-refractivity contribution in [2.75, 3.05) is 26.4 Å². The molecular formula is C70H119O11P. The summed E-state index contributed by atoms with van der Waals surface area (Å²) in [6.45, 7) is 4.44. The second kappa shape index (κ2) is 63.2. The third-order valence-electron chi connectivity index (χ3n) is 13.7. The number of carbonyl (C=O) groups excluding carboxylic acids is 3. The monoisotopic (exact) mass is 1170 g/mol. The quantitative estimate of drug-likeness (QED) is 0.0197. The summed E-state index contributed by atoms with van der Waals surface area (Å²) in [7, 11) is -4.78. The Balaban J connectivity index is 4.79. The maximum absolute atomic E-state index is 13.0. The Morgan fingerprint density at radius 3 is 1.09 bits per heavy atom. The van der Waals surface area contributed by atoms with E-state index in [1.165, 1.54) is 122 Å². The molecule has 3 unspecified atom stereocenters. The summed E-state index contributed by atoms with van der Waals surface area (Å²) in [4.78, 5) is 48.8. The molecule has 12 heteroatoms. The number of allylic oxidation sites excluding steroid dienone is 18. The van der Waals surface area contributed by atoms with Crippen molar-refractivity contribution in [2.45, 2.75) is 290 Å². The molecule has 0 aromatic carbocycles. The second-order valence-corrected chi connectivity index (χ2v) is 23.0. The Kier molecular flexibility index (Phi) is 60.2. The van der Waals surface area contributed by atoms with Crippen LogP contribution in [0.5, 0.6) is 0 Å². The standard InChI is InChI=1S/C70H119O11P/c1-4-7-10-13-16-19-22-25-28-31-33-36-39-42-45-48-51-54-57-60-69(73)80-66(62-71)64-78-82(75,76)79-65-67(63-77-68(72)59-56-53-50-47-44-41-38-35-30-27-24-21-18-15-12-9-6-3)81-70(74)61-58-55-52-49-46-43-40-37-34-32-29-26-23-20-17-14-11-8-5-2/h8,11,17-18,20-21,25-30,34,37,43,46,52,55,66-67,71H,4-7,9-10,12-16,19,22-24,31-33,35-36,38-42,44-45,47-51,53-54,56-65H2,1-3H3,(H,75,76)/b11-8-,20-17-,21-18-,28-25-,29-26-,30-27-,37-34-,46-43-,55-52-. The molecule has 0 saturated carbocycles. The number of unbranched alkanes of at least 4 members (excludes halogenated alkanes) is 25. The van der Waals surface area contributed by atoms with E-state index < -0.39 is 57.8 Å². The predicted octanol–water partition coefficient (Wildman–Crippen LogP) is 20.1. The van der Waals surface area contributed by atoms with Crippen LogP contribution in [0.15, 0.2) is 109 Å². The van der Waals surface area contributed by atoms with Gasteiger partial charge in [0.05, 0.1) is 19.8 Å². The minimum absolute atomic E-state index is 0.0366. The Bertz CT molecular complexity index is 1790. The molecule has 0 aromatic rings. The normalized spacial score (nSPS) is 14.0. The molecule has 470 valence electrons. The second-order valence-electron chi connectivity index (χ2n) is 21.5. The summed E-state index contributed by atoms with van der Waals surface area (Å²) in [5.41, 5.74) is 0. The van der Waals surface area contributed by atoms with Gasteiger partial charge in [-0.3, -0.25) is 23.4 Å². The topological polar surface area (TPSA) is 155 Å². The molecule has 0 spiro atoms. The van der Waals surface area contributed by atoms with Gasteiger partial charge in [-0.25, -0.2) is 4.57 Å². The maximum Gasteiger partial charge on any atom is 0.472 e. The Morgan fingerprint density at radius 1 is 0.354 bits per heavy atom. The van der Waals surface area contributed by atoms with Gasteiger partial charge in [0.1, 0.15) is 12.7 Å². The van der Waals surface area contributed by atoms with Crippen LogP contribution in [-0.2, 0) is 42.2 Å². The first kappa shape index (κ1) is 78.1. The largest absolute Gasteiger partial charge is 0.472 e. The number of aliphatic hydroxyl groups excluding tert-OH is 1.